The first-order valence-electron chi connectivity index (χ1n) is 6.68. The zero-order chi connectivity index (χ0) is 14.8. The molecule has 0 aliphatic carbocycles. The van der Waals surface area contributed by atoms with Crippen LogP contribution in [0.2, 0.25) is 0 Å². The third kappa shape index (κ3) is 6.49. The molecule has 0 spiro atoms. The minimum atomic E-state index is -0.595. The summed E-state index contributed by atoms with van der Waals surface area (Å²) >= 11 is 0. The predicted octanol–water partition coefficient (Wildman–Crippen LogP) is 1.57. The molecule has 6 nitrogen and oxygen atoms in total. The summed E-state index contributed by atoms with van der Waals surface area (Å²) in [5, 5.41) is 15.6. The molecule has 0 aliphatic heterocycles. The number of para-hydroxylation sites is 2. The van der Waals surface area contributed by atoms with Gasteiger partial charge in [0.05, 0.1) is 0 Å². The van der Waals surface area contributed by atoms with Crippen LogP contribution in [0.5, 0.6) is 11.5 Å². The summed E-state index contributed by atoms with van der Waals surface area (Å²) in [5.41, 5.74) is 0. The van der Waals surface area contributed by atoms with Crippen LogP contribution in [-0.4, -0.2) is 43.6 Å². The highest BCUT2D eigenvalue weighted by molar-refractivity contribution is 5.39. The normalized spacial score (nSPS) is 12.2. The van der Waals surface area contributed by atoms with E-state index >= 15 is 0 Å². The van der Waals surface area contributed by atoms with Crippen molar-refractivity contribution in [3.05, 3.63) is 29.2 Å². The number of hydrogen-bond acceptors (Lipinski definition) is 6. The largest absolute Gasteiger partial charge is 0.488 e. The second-order valence-electron chi connectivity index (χ2n) is 4.68. The number of aliphatic hydroxyl groups excluding tert-OH is 1. The molecular formula is C14H22N2O4. The van der Waals surface area contributed by atoms with Gasteiger partial charge in [-0.25, -0.2) is 0 Å². The summed E-state index contributed by atoms with van der Waals surface area (Å²) in [6.45, 7) is 4.97. The summed E-state index contributed by atoms with van der Waals surface area (Å²) in [4.78, 5) is 10.0. The average molecular weight is 282 g/mol. The fraction of sp³-hybridized carbons (Fsp3) is 0.571. The van der Waals surface area contributed by atoms with E-state index in [1.807, 2.05) is 26.0 Å². The molecule has 6 heteroatoms. The number of benzene rings is 1. The van der Waals surface area contributed by atoms with Gasteiger partial charge in [-0.15, -0.1) is 0 Å². The van der Waals surface area contributed by atoms with Crippen molar-refractivity contribution >= 4 is 0 Å². The van der Waals surface area contributed by atoms with Gasteiger partial charge >= 0.3 is 0 Å². The second-order valence-corrected chi connectivity index (χ2v) is 4.68. The van der Waals surface area contributed by atoms with Crippen molar-refractivity contribution in [2.75, 3.05) is 26.3 Å². The van der Waals surface area contributed by atoms with Crippen molar-refractivity contribution in [1.29, 1.82) is 0 Å². The first-order chi connectivity index (χ1) is 9.63. The van der Waals surface area contributed by atoms with E-state index in [2.05, 4.69) is 10.5 Å². The Morgan fingerprint density at radius 3 is 2.50 bits per heavy atom. The fourth-order valence-corrected chi connectivity index (χ4v) is 1.50. The van der Waals surface area contributed by atoms with Gasteiger partial charge < -0.3 is 19.9 Å². The Hall–Kier alpha value is -1.66. The highest BCUT2D eigenvalue weighted by Crippen LogP contribution is 2.26. The Morgan fingerprint density at radius 1 is 1.25 bits per heavy atom. The van der Waals surface area contributed by atoms with Gasteiger partial charge in [-0.3, -0.25) is 0 Å². The van der Waals surface area contributed by atoms with Crippen molar-refractivity contribution in [3.63, 3.8) is 0 Å². The number of ether oxygens (including phenoxy) is 2. The van der Waals surface area contributed by atoms with Gasteiger partial charge in [0.15, 0.2) is 11.5 Å². The van der Waals surface area contributed by atoms with Crippen molar-refractivity contribution < 1.29 is 14.6 Å². The molecule has 1 rings (SSSR count). The van der Waals surface area contributed by atoms with Gasteiger partial charge in [-0.2, -0.15) is 4.91 Å². The van der Waals surface area contributed by atoms with Crippen molar-refractivity contribution in [2.24, 2.45) is 5.18 Å². The summed E-state index contributed by atoms with van der Waals surface area (Å²) in [6, 6.07) is 7.45. The topological polar surface area (TPSA) is 80.2 Å². The van der Waals surface area contributed by atoms with Crippen LogP contribution in [0.25, 0.3) is 0 Å². The highest BCUT2D eigenvalue weighted by Gasteiger charge is 2.09. The van der Waals surface area contributed by atoms with E-state index in [9.17, 15) is 10.0 Å². The van der Waals surface area contributed by atoms with Crippen LogP contribution in [0.3, 0.4) is 0 Å². The van der Waals surface area contributed by atoms with E-state index in [0.29, 0.717) is 24.1 Å². The van der Waals surface area contributed by atoms with Gasteiger partial charge in [-0.1, -0.05) is 31.2 Å². The standard InChI is InChI=1S/C14H22N2O4/c1-11(2)15-9-12(17)10-20-14-6-4-3-5-13(14)19-8-7-16-18/h3-6,11-12,15,17H,7-10H2,1-2H3. The molecule has 0 radical (unpaired) electrons. The lowest BCUT2D eigenvalue weighted by atomic mass is 10.3. The number of aliphatic hydroxyl groups is 1. The molecule has 0 saturated carbocycles. The van der Waals surface area contributed by atoms with Crippen LogP contribution in [0.15, 0.2) is 29.4 Å². The number of nitrogens with zero attached hydrogens (tertiary/aromatic N) is 1. The molecule has 0 fully saturated rings. The number of nitroso groups, excluding NO2 is 1. The highest BCUT2D eigenvalue weighted by atomic mass is 16.5. The molecule has 0 saturated heterocycles. The minimum Gasteiger partial charge on any atom is -0.488 e. The van der Waals surface area contributed by atoms with Crippen LogP contribution >= 0.6 is 0 Å². The molecule has 1 aromatic rings. The Balaban J connectivity index is 2.43. The molecule has 1 aromatic carbocycles. The predicted molar refractivity (Wildman–Crippen MR) is 77.2 cm³/mol. The Morgan fingerprint density at radius 2 is 1.90 bits per heavy atom. The minimum absolute atomic E-state index is 0.0925. The molecule has 1 unspecified atom stereocenters. The molecule has 20 heavy (non-hydrogen) atoms. The number of rotatable bonds is 10. The molecule has 112 valence electrons. The molecule has 0 aromatic heterocycles. The molecule has 0 bridgehead atoms. The van der Waals surface area contributed by atoms with E-state index in [-0.39, 0.29) is 19.8 Å². The van der Waals surface area contributed by atoms with Gasteiger partial charge in [0.25, 0.3) is 0 Å². The smallest absolute Gasteiger partial charge is 0.161 e. The lowest BCUT2D eigenvalue weighted by molar-refractivity contribution is 0.102. The molecule has 0 amide bonds. The Bertz CT molecular complexity index is 399. The summed E-state index contributed by atoms with van der Waals surface area (Å²) < 4.78 is 10.9. The maximum atomic E-state index is 10.0. The third-order valence-electron chi connectivity index (χ3n) is 2.48. The van der Waals surface area contributed by atoms with Gasteiger partial charge in [0, 0.05) is 12.6 Å². The zero-order valence-corrected chi connectivity index (χ0v) is 11.9. The monoisotopic (exact) mass is 282 g/mol. The first-order valence-corrected chi connectivity index (χ1v) is 6.68. The van der Waals surface area contributed by atoms with E-state index < -0.39 is 6.10 Å². The van der Waals surface area contributed by atoms with E-state index in [1.54, 1.807) is 12.1 Å². The van der Waals surface area contributed by atoms with Crippen molar-refractivity contribution in [3.8, 4) is 11.5 Å². The number of hydrogen-bond donors (Lipinski definition) is 2. The fourth-order valence-electron chi connectivity index (χ4n) is 1.50. The van der Waals surface area contributed by atoms with Crippen LogP contribution in [0, 0.1) is 4.91 Å². The van der Waals surface area contributed by atoms with Gasteiger partial charge in [-0.05, 0) is 12.1 Å². The number of nitrogens with one attached hydrogen (secondary N) is 1. The Kier molecular flexibility index (Phi) is 7.60. The zero-order valence-electron chi connectivity index (χ0n) is 11.9. The second kappa shape index (κ2) is 9.28. The van der Waals surface area contributed by atoms with Gasteiger partial charge in [0.2, 0.25) is 0 Å². The lowest BCUT2D eigenvalue weighted by Crippen LogP contribution is -2.35. The average Bonchev–Trinajstić information content (AvgIpc) is 2.44. The molecule has 2 N–H and O–H groups in total. The van der Waals surface area contributed by atoms with Crippen molar-refractivity contribution in [2.45, 2.75) is 26.0 Å². The lowest BCUT2D eigenvalue weighted by Gasteiger charge is -2.16. The van der Waals surface area contributed by atoms with Crippen LogP contribution in [0.1, 0.15) is 13.8 Å². The van der Waals surface area contributed by atoms with Crippen molar-refractivity contribution in [1.82, 2.24) is 5.32 Å². The molecule has 1 atom stereocenters. The summed E-state index contributed by atoms with van der Waals surface area (Å²) in [5.74, 6) is 1.09. The van der Waals surface area contributed by atoms with Gasteiger partial charge in [0.1, 0.15) is 25.9 Å². The first kappa shape index (κ1) is 16.4. The summed E-state index contributed by atoms with van der Waals surface area (Å²) in [6.07, 6.45) is -0.595. The van der Waals surface area contributed by atoms with E-state index in [1.165, 1.54) is 0 Å². The third-order valence-corrected chi connectivity index (χ3v) is 2.48. The maximum absolute atomic E-state index is 10.0. The molecule has 0 heterocycles. The molecular weight excluding hydrogens is 260 g/mol. The summed E-state index contributed by atoms with van der Waals surface area (Å²) in [7, 11) is 0. The van der Waals surface area contributed by atoms with Crippen LogP contribution in [-0.2, 0) is 0 Å². The van der Waals surface area contributed by atoms with Crippen LogP contribution < -0.4 is 14.8 Å². The maximum Gasteiger partial charge on any atom is 0.161 e. The van der Waals surface area contributed by atoms with Crippen LogP contribution in [0.4, 0.5) is 0 Å². The Labute approximate surface area is 119 Å². The SMILES string of the molecule is CC(C)NCC(O)COc1ccccc1OCCN=O. The van der Waals surface area contributed by atoms with E-state index in [4.69, 9.17) is 9.47 Å². The molecule has 0 aliphatic rings. The quantitative estimate of drug-likeness (QED) is 0.503. The van der Waals surface area contributed by atoms with E-state index in [0.717, 1.165) is 0 Å².